The van der Waals surface area contributed by atoms with E-state index in [1.807, 2.05) is 0 Å². The van der Waals surface area contributed by atoms with Gasteiger partial charge in [-0.2, -0.15) is 0 Å². The molecule has 1 aromatic rings. The Balaban J connectivity index is 2.96. The first-order valence-corrected chi connectivity index (χ1v) is 5.69. The van der Waals surface area contributed by atoms with Crippen LogP contribution in [0, 0.1) is 0 Å². The number of nitrogens with zero attached hydrogens (tertiary/aromatic N) is 1. The topological polar surface area (TPSA) is 77.7 Å². The fourth-order valence-electron chi connectivity index (χ4n) is 1.01. The second-order valence-corrected chi connectivity index (χ2v) is 4.52. The number of aliphatic hydroxyl groups excluding tert-OH is 1. The first-order chi connectivity index (χ1) is 6.95. The fraction of sp³-hybridized carbons (Fsp3) is 0.333. The molecule has 1 aromatic carbocycles. The van der Waals surface area contributed by atoms with Gasteiger partial charge < -0.3 is 9.84 Å². The zero-order valence-corrected chi connectivity index (χ0v) is 9.23. The summed E-state index contributed by atoms with van der Waals surface area (Å²) >= 11 is 0. The van der Waals surface area contributed by atoms with Crippen LogP contribution in [0.3, 0.4) is 0 Å². The highest BCUT2D eigenvalue weighted by atomic mass is 32.2. The molecule has 0 saturated heterocycles. The van der Waals surface area contributed by atoms with Gasteiger partial charge in [-0.1, -0.05) is 4.72 Å². The third-order valence-corrected chi connectivity index (χ3v) is 3.10. The molecule has 0 amide bonds. The molecule has 5 nitrogen and oxygen atoms in total. The number of hydrogen-bond acceptors (Lipinski definition) is 4. The minimum Gasteiger partial charge on any atom is -0.497 e. The highest BCUT2D eigenvalue weighted by Gasteiger charge is 2.17. The summed E-state index contributed by atoms with van der Waals surface area (Å²) in [5.41, 5.74) is 0. The van der Waals surface area contributed by atoms with Crippen molar-refractivity contribution in [3.05, 3.63) is 24.3 Å². The second kappa shape index (κ2) is 4.61. The number of rotatable bonds is 4. The van der Waals surface area contributed by atoms with Gasteiger partial charge in [0.15, 0.2) is 0 Å². The molecule has 0 saturated carbocycles. The minimum absolute atomic E-state index is 0.0317. The number of aliphatic hydroxyl groups is 1. The van der Waals surface area contributed by atoms with Gasteiger partial charge in [-0.3, -0.25) is 0 Å². The molecule has 1 atom stereocenters. The quantitative estimate of drug-likeness (QED) is 0.808. The highest BCUT2D eigenvalue weighted by Crippen LogP contribution is 2.15. The number of benzene rings is 1. The van der Waals surface area contributed by atoms with E-state index in [0.29, 0.717) is 5.75 Å². The summed E-state index contributed by atoms with van der Waals surface area (Å²) in [6.07, 6.45) is -1.24. The van der Waals surface area contributed by atoms with E-state index in [4.69, 9.17) is 9.84 Å². The normalized spacial score (nSPS) is 13.5. The van der Waals surface area contributed by atoms with Crippen LogP contribution in [0.15, 0.2) is 29.2 Å². The second-order valence-electron chi connectivity index (χ2n) is 2.89. The first kappa shape index (κ1) is 12.0. The fourth-order valence-corrected chi connectivity index (χ4v) is 2.01. The van der Waals surface area contributed by atoms with E-state index in [9.17, 15) is 8.42 Å². The maximum Gasteiger partial charge on any atom is 0.259 e. The maximum atomic E-state index is 11.5. The van der Waals surface area contributed by atoms with Gasteiger partial charge in [-0.15, -0.1) is 0 Å². The predicted molar refractivity (Wildman–Crippen MR) is 54.0 cm³/mol. The molecular weight excluding hydrogens is 218 g/mol. The van der Waals surface area contributed by atoms with Gasteiger partial charge in [-0.05, 0) is 31.2 Å². The van der Waals surface area contributed by atoms with Gasteiger partial charge in [0.1, 0.15) is 12.0 Å². The van der Waals surface area contributed by atoms with Crippen LogP contribution in [-0.2, 0) is 10.0 Å². The summed E-state index contributed by atoms with van der Waals surface area (Å²) in [5, 5.41) is 8.88. The molecule has 0 aliphatic heterocycles. The lowest BCUT2D eigenvalue weighted by molar-refractivity contribution is 0.180. The van der Waals surface area contributed by atoms with Crippen molar-refractivity contribution in [3.63, 3.8) is 0 Å². The van der Waals surface area contributed by atoms with E-state index in [1.165, 1.54) is 38.3 Å². The molecule has 15 heavy (non-hydrogen) atoms. The van der Waals surface area contributed by atoms with Crippen LogP contribution in [0.5, 0.6) is 5.75 Å². The average Bonchev–Trinajstić information content (AvgIpc) is 2.16. The van der Waals surface area contributed by atoms with E-state index >= 15 is 0 Å². The average molecular weight is 230 g/mol. The van der Waals surface area contributed by atoms with Crippen molar-refractivity contribution in [3.8, 4) is 5.75 Å². The van der Waals surface area contributed by atoms with E-state index < -0.39 is 16.3 Å². The standard InChI is InChI=1S/C9H12NO4S/c1-7(11)10-15(12,13)9-5-3-8(14-2)4-6-9/h3-7,11H,1-2H3. The molecule has 0 heterocycles. The van der Waals surface area contributed by atoms with Crippen molar-refractivity contribution in [1.82, 2.24) is 4.72 Å². The first-order valence-electron chi connectivity index (χ1n) is 4.25. The predicted octanol–water partition coefficient (Wildman–Crippen LogP) is 0.327. The Bertz CT molecular complexity index is 410. The Kier molecular flexibility index (Phi) is 3.67. The largest absolute Gasteiger partial charge is 0.497 e. The summed E-state index contributed by atoms with van der Waals surface area (Å²) < 4.78 is 31.1. The van der Waals surface area contributed by atoms with Gasteiger partial charge in [0, 0.05) is 0 Å². The van der Waals surface area contributed by atoms with E-state index in [2.05, 4.69) is 4.72 Å². The van der Waals surface area contributed by atoms with Crippen molar-refractivity contribution in [2.45, 2.75) is 18.0 Å². The SMILES string of the molecule is COc1ccc(S(=O)(=O)[N]C(C)O)cc1. The highest BCUT2D eigenvalue weighted by molar-refractivity contribution is 7.89. The zero-order chi connectivity index (χ0) is 11.5. The number of sulfonamides is 1. The third-order valence-electron chi connectivity index (χ3n) is 1.65. The molecule has 1 unspecified atom stereocenters. The molecule has 0 bridgehead atoms. The van der Waals surface area contributed by atoms with Crippen LogP contribution in [0.1, 0.15) is 6.92 Å². The van der Waals surface area contributed by atoms with Gasteiger partial charge in [0.25, 0.3) is 10.0 Å². The lowest BCUT2D eigenvalue weighted by Crippen LogP contribution is -2.24. The number of ether oxygens (including phenoxy) is 1. The van der Waals surface area contributed by atoms with Crippen LogP contribution in [0.4, 0.5) is 0 Å². The van der Waals surface area contributed by atoms with Crippen molar-refractivity contribution < 1.29 is 18.3 Å². The van der Waals surface area contributed by atoms with Gasteiger partial charge in [-0.25, -0.2) is 8.42 Å². The molecule has 0 fully saturated rings. The molecule has 0 spiro atoms. The summed E-state index contributed by atoms with van der Waals surface area (Å²) in [7, 11) is -2.28. The summed E-state index contributed by atoms with van der Waals surface area (Å²) in [4.78, 5) is 0.0317. The van der Waals surface area contributed by atoms with Crippen molar-refractivity contribution >= 4 is 10.0 Å². The van der Waals surface area contributed by atoms with Crippen LogP contribution in [-0.4, -0.2) is 26.9 Å². The molecule has 0 aliphatic carbocycles. The Morgan fingerprint density at radius 2 is 1.87 bits per heavy atom. The lowest BCUT2D eigenvalue weighted by atomic mass is 10.3. The monoisotopic (exact) mass is 230 g/mol. The van der Waals surface area contributed by atoms with Crippen LogP contribution in [0.2, 0.25) is 0 Å². The Hall–Kier alpha value is -1.11. The molecule has 0 aromatic heterocycles. The molecular formula is C9H12NO4S. The summed E-state index contributed by atoms with van der Waals surface area (Å²) in [6.45, 7) is 1.28. The lowest BCUT2D eigenvalue weighted by Gasteiger charge is -2.06. The zero-order valence-electron chi connectivity index (χ0n) is 8.41. The summed E-state index contributed by atoms with van der Waals surface area (Å²) in [6, 6.07) is 5.79. The molecule has 0 aliphatic rings. The Morgan fingerprint density at radius 3 is 2.27 bits per heavy atom. The molecule has 1 rings (SSSR count). The van der Waals surface area contributed by atoms with Gasteiger partial charge in [0.05, 0.1) is 12.0 Å². The molecule has 83 valence electrons. The number of hydrogen-bond donors (Lipinski definition) is 1. The maximum absolute atomic E-state index is 11.5. The van der Waals surface area contributed by atoms with E-state index in [1.54, 1.807) is 0 Å². The molecule has 6 heteroatoms. The Labute approximate surface area is 88.7 Å². The Morgan fingerprint density at radius 1 is 1.33 bits per heavy atom. The van der Waals surface area contributed by atoms with Gasteiger partial charge in [0.2, 0.25) is 0 Å². The summed E-state index contributed by atoms with van der Waals surface area (Å²) in [5.74, 6) is 0.561. The third kappa shape index (κ3) is 3.19. The van der Waals surface area contributed by atoms with Crippen LogP contribution >= 0.6 is 0 Å². The van der Waals surface area contributed by atoms with Crippen molar-refractivity contribution in [2.75, 3.05) is 7.11 Å². The van der Waals surface area contributed by atoms with Crippen molar-refractivity contribution in [1.29, 1.82) is 0 Å². The van der Waals surface area contributed by atoms with Gasteiger partial charge >= 0.3 is 0 Å². The smallest absolute Gasteiger partial charge is 0.259 e. The number of methoxy groups -OCH3 is 1. The van der Waals surface area contributed by atoms with Crippen molar-refractivity contribution in [2.24, 2.45) is 0 Å². The van der Waals surface area contributed by atoms with Crippen LogP contribution in [0.25, 0.3) is 0 Å². The molecule has 1 N–H and O–H groups in total. The minimum atomic E-state index is -3.77. The van der Waals surface area contributed by atoms with E-state index in [0.717, 1.165) is 0 Å². The van der Waals surface area contributed by atoms with Crippen LogP contribution < -0.4 is 9.46 Å². The van der Waals surface area contributed by atoms with E-state index in [-0.39, 0.29) is 4.90 Å². The molecule has 1 radical (unpaired) electrons.